The number of hydrogen-bond donors (Lipinski definition) is 1. The van der Waals surface area contributed by atoms with Gasteiger partial charge >= 0.3 is 0 Å². The predicted octanol–water partition coefficient (Wildman–Crippen LogP) is 2.67. The summed E-state index contributed by atoms with van der Waals surface area (Å²) in [4.78, 5) is 29.7. The van der Waals surface area contributed by atoms with Crippen LogP contribution >= 0.6 is 0 Å². The molecule has 6 rings (SSSR count). The molecule has 5 unspecified atom stereocenters. The summed E-state index contributed by atoms with van der Waals surface area (Å²) in [5.74, 6) is 3.71. The molecule has 5 atom stereocenters. The van der Waals surface area contributed by atoms with E-state index in [0.717, 1.165) is 56.2 Å². The second kappa shape index (κ2) is 7.47. The van der Waals surface area contributed by atoms with Crippen LogP contribution in [0.4, 0.5) is 0 Å². The normalized spacial score (nSPS) is 36.8. The number of amides is 2. The largest absolute Gasteiger partial charge is 0.497 e. The summed E-state index contributed by atoms with van der Waals surface area (Å²) in [7, 11) is 1.69. The van der Waals surface area contributed by atoms with Gasteiger partial charge in [0.05, 0.1) is 13.7 Å². The number of ether oxygens (including phenoxy) is 1. The minimum Gasteiger partial charge on any atom is -0.497 e. The van der Waals surface area contributed by atoms with Crippen molar-refractivity contribution in [2.45, 2.75) is 45.1 Å². The first-order valence-electron chi connectivity index (χ1n) is 12.4. The number of methoxy groups -OCH3 is 1. The quantitative estimate of drug-likeness (QED) is 0.713. The van der Waals surface area contributed by atoms with E-state index >= 15 is 0 Å². The number of hydrogen-bond acceptors (Lipinski definition) is 4. The molecule has 4 saturated carbocycles. The summed E-state index contributed by atoms with van der Waals surface area (Å²) in [5.41, 5.74) is 2.03. The van der Waals surface area contributed by atoms with Gasteiger partial charge in [0.1, 0.15) is 5.75 Å². The van der Waals surface area contributed by atoms with Crippen molar-refractivity contribution in [3.63, 3.8) is 0 Å². The molecule has 1 saturated heterocycles. The minimum atomic E-state index is 0.0518. The van der Waals surface area contributed by atoms with Crippen LogP contribution in [-0.4, -0.2) is 61.4 Å². The van der Waals surface area contributed by atoms with Crippen LogP contribution in [0, 0.1) is 28.6 Å². The molecule has 172 valence electrons. The predicted molar refractivity (Wildman–Crippen MR) is 121 cm³/mol. The third kappa shape index (κ3) is 3.01. The van der Waals surface area contributed by atoms with Crippen LogP contribution in [0.5, 0.6) is 5.75 Å². The zero-order valence-electron chi connectivity index (χ0n) is 19.1. The van der Waals surface area contributed by atoms with Crippen molar-refractivity contribution >= 4 is 11.8 Å². The molecule has 5 aliphatic rings. The Morgan fingerprint density at radius 2 is 1.94 bits per heavy atom. The third-order valence-corrected chi connectivity index (χ3v) is 9.78. The maximum Gasteiger partial charge on any atom is 0.242 e. The molecule has 1 heterocycles. The van der Waals surface area contributed by atoms with Crippen molar-refractivity contribution in [3.8, 4) is 5.75 Å². The van der Waals surface area contributed by atoms with Gasteiger partial charge in [-0.05, 0) is 78.4 Å². The first-order valence-corrected chi connectivity index (χ1v) is 12.4. The van der Waals surface area contributed by atoms with Gasteiger partial charge in [-0.3, -0.25) is 14.5 Å². The summed E-state index contributed by atoms with van der Waals surface area (Å²) in [6, 6.07) is 8.15. The van der Waals surface area contributed by atoms with Crippen molar-refractivity contribution in [2.24, 2.45) is 28.6 Å². The number of nitrogens with one attached hydrogen (secondary N) is 1. The van der Waals surface area contributed by atoms with Gasteiger partial charge in [-0.1, -0.05) is 12.1 Å². The van der Waals surface area contributed by atoms with Gasteiger partial charge in [0.15, 0.2) is 0 Å². The second-order valence-corrected chi connectivity index (χ2v) is 11.1. The topological polar surface area (TPSA) is 61.9 Å². The molecular weight excluding hydrogens is 402 g/mol. The molecule has 0 radical (unpaired) electrons. The molecule has 6 nitrogen and oxygen atoms in total. The zero-order chi connectivity index (χ0) is 21.9. The van der Waals surface area contributed by atoms with Crippen LogP contribution in [0.3, 0.4) is 0 Å². The number of fused-ring (bicyclic) bond motifs is 1. The van der Waals surface area contributed by atoms with Gasteiger partial charge in [-0.15, -0.1) is 0 Å². The van der Waals surface area contributed by atoms with Crippen molar-refractivity contribution in [1.82, 2.24) is 15.1 Å². The minimum absolute atomic E-state index is 0.0518. The molecule has 1 aromatic rings. The monoisotopic (exact) mass is 437 g/mol. The summed E-state index contributed by atoms with van der Waals surface area (Å²) >= 11 is 0. The highest BCUT2D eigenvalue weighted by Crippen LogP contribution is 2.87. The van der Waals surface area contributed by atoms with Crippen LogP contribution in [0.15, 0.2) is 24.3 Å². The second-order valence-electron chi connectivity index (χ2n) is 11.1. The molecule has 4 aliphatic carbocycles. The molecule has 2 bridgehead atoms. The Morgan fingerprint density at radius 3 is 2.69 bits per heavy atom. The van der Waals surface area contributed by atoms with Crippen LogP contribution in [0.1, 0.15) is 44.1 Å². The molecule has 5 fully saturated rings. The van der Waals surface area contributed by atoms with E-state index in [-0.39, 0.29) is 23.8 Å². The Labute approximate surface area is 190 Å². The number of carbonyl (C=O) groups is 2. The fraction of sp³-hybridized carbons (Fsp3) is 0.692. The molecule has 32 heavy (non-hydrogen) atoms. The maximum atomic E-state index is 12.8. The Bertz CT molecular complexity index is 927. The van der Waals surface area contributed by atoms with Crippen molar-refractivity contribution in [1.29, 1.82) is 0 Å². The average molecular weight is 438 g/mol. The van der Waals surface area contributed by atoms with E-state index in [1.165, 1.54) is 37.7 Å². The standard InChI is InChI=1S/C26H35N3O3/c1-32-22-4-2-3-18(10-22)17-28-5-7-29(8-6-28)24(31)16-27-23(30)15-25-12-19-9-20-11-21(14-25)26(20,25)13-19/h2-4,10,19-21H,5-9,11-17H2,1H3,(H,27,30). The van der Waals surface area contributed by atoms with Crippen LogP contribution < -0.4 is 10.1 Å². The van der Waals surface area contributed by atoms with Gasteiger partial charge in [0.2, 0.25) is 11.8 Å². The van der Waals surface area contributed by atoms with Crippen molar-refractivity contribution in [3.05, 3.63) is 29.8 Å². The average Bonchev–Trinajstić information content (AvgIpc) is 3.27. The molecule has 0 aromatic heterocycles. The molecule has 1 N–H and O–H groups in total. The lowest BCUT2D eigenvalue weighted by Gasteiger charge is -2.73. The van der Waals surface area contributed by atoms with Crippen molar-refractivity contribution < 1.29 is 14.3 Å². The summed E-state index contributed by atoms with van der Waals surface area (Å²) < 4.78 is 5.31. The summed E-state index contributed by atoms with van der Waals surface area (Å²) in [6.07, 6.45) is 7.39. The number of nitrogens with zero attached hydrogens (tertiary/aromatic N) is 2. The van der Waals surface area contributed by atoms with E-state index in [2.05, 4.69) is 22.3 Å². The molecule has 1 spiro atoms. The zero-order valence-corrected chi connectivity index (χ0v) is 19.1. The number of benzene rings is 1. The Morgan fingerprint density at radius 1 is 1.09 bits per heavy atom. The summed E-state index contributed by atoms with van der Waals surface area (Å²) in [5, 5.41) is 2.98. The van der Waals surface area contributed by atoms with Crippen LogP contribution in [0.25, 0.3) is 0 Å². The van der Waals surface area contributed by atoms with Crippen LogP contribution in [-0.2, 0) is 16.1 Å². The van der Waals surface area contributed by atoms with E-state index in [1.54, 1.807) is 7.11 Å². The highest BCUT2D eigenvalue weighted by atomic mass is 16.5. The number of carbonyl (C=O) groups excluding carboxylic acids is 2. The molecule has 6 heteroatoms. The molecule has 2 amide bonds. The molecule has 1 aromatic carbocycles. The Hall–Kier alpha value is -2.08. The highest BCUT2D eigenvalue weighted by molar-refractivity contribution is 5.85. The van der Waals surface area contributed by atoms with Gasteiger partial charge in [-0.2, -0.15) is 0 Å². The van der Waals surface area contributed by atoms with E-state index < -0.39 is 0 Å². The molecular formula is C26H35N3O3. The van der Waals surface area contributed by atoms with Gasteiger partial charge in [0, 0.05) is 39.1 Å². The maximum absolute atomic E-state index is 12.8. The fourth-order valence-corrected chi connectivity index (χ4v) is 8.55. The SMILES string of the molecule is COc1cccc(CN2CCN(C(=O)CNC(=O)CC34CC5CC6CC(C3)C64C5)CC2)c1. The smallest absolute Gasteiger partial charge is 0.242 e. The number of piperazine rings is 1. The highest BCUT2D eigenvalue weighted by Gasteiger charge is 2.80. The first kappa shape index (κ1) is 20.5. The van der Waals surface area contributed by atoms with E-state index in [4.69, 9.17) is 4.74 Å². The lowest BCUT2D eigenvalue weighted by molar-refractivity contribution is -0.245. The van der Waals surface area contributed by atoms with Crippen LogP contribution in [0.2, 0.25) is 0 Å². The fourth-order valence-electron chi connectivity index (χ4n) is 8.55. The van der Waals surface area contributed by atoms with Gasteiger partial charge in [0.25, 0.3) is 0 Å². The summed E-state index contributed by atoms with van der Waals surface area (Å²) in [6.45, 7) is 4.16. The molecule has 1 aliphatic heterocycles. The van der Waals surface area contributed by atoms with Crippen molar-refractivity contribution in [2.75, 3.05) is 39.8 Å². The van der Waals surface area contributed by atoms with Gasteiger partial charge in [-0.25, -0.2) is 0 Å². The lowest BCUT2D eigenvalue weighted by Crippen LogP contribution is -2.67. The van der Waals surface area contributed by atoms with Gasteiger partial charge < -0.3 is 15.0 Å². The van der Waals surface area contributed by atoms with E-state index in [1.807, 2.05) is 17.0 Å². The van der Waals surface area contributed by atoms with E-state index in [9.17, 15) is 9.59 Å². The first-order chi connectivity index (χ1) is 15.5. The number of rotatable bonds is 7. The lowest BCUT2D eigenvalue weighted by atomic mass is 9.31. The van der Waals surface area contributed by atoms with E-state index in [0.29, 0.717) is 11.8 Å². The Balaban J connectivity index is 0.952. The third-order valence-electron chi connectivity index (χ3n) is 9.78. The Kier molecular flexibility index (Phi) is 4.79.